The van der Waals surface area contributed by atoms with Crippen molar-refractivity contribution in [3.63, 3.8) is 0 Å². The number of anilines is 1. The zero-order valence-corrected chi connectivity index (χ0v) is 12.6. The number of hydrogen-bond acceptors (Lipinski definition) is 5. The molecule has 0 aliphatic rings. The molecule has 0 spiro atoms. The molecule has 1 aromatic heterocycles. The van der Waals surface area contributed by atoms with Gasteiger partial charge in [-0.05, 0) is 37.5 Å². The number of aryl methyl sites for hydroxylation is 2. The van der Waals surface area contributed by atoms with Crippen LogP contribution >= 0.6 is 11.7 Å². The van der Waals surface area contributed by atoms with Gasteiger partial charge < -0.3 is 10.1 Å². The van der Waals surface area contributed by atoms with Gasteiger partial charge >= 0.3 is 0 Å². The molecule has 102 valence electrons. The first-order valence-electron chi connectivity index (χ1n) is 6.39. The fourth-order valence-corrected chi connectivity index (χ4v) is 2.64. The summed E-state index contributed by atoms with van der Waals surface area (Å²) in [5, 5.41) is 3.32. The second-order valence-electron chi connectivity index (χ2n) is 4.55. The predicted molar refractivity (Wildman–Crippen MR) is 80.2 cm³/mol. The number of rotatable bonds is 5. The molecule has 0 radical (unpaired) electrons. The molecule has 4 nitrogen and oxygen atoms in total. The first-order valence-corrected chi connectivity index (χ1v) is 7.12. The highest BCUT2D eigenvalue weighted by Crippen LogP contribution is 2.37. The minimum atomic E-state index is 0.845. The number of hydrogen-bond donors (Lipinski definition) is 1. The van der Waals surface area contributed by atoms with E-state index in [1.165, 1.54) is 17.3 Å². The van der Waals surface area contributed by atoms with E-state index in [0.29, 0.717) is 0 Å². The molecule has 1 N–H and O–H groups in total. The van der Waals surface area contributed by atoms with Crippen molar-refractivity contribution in [3.8, 4) is 17.0 Å². The number of benzene rings is 1. The lowest BCUT2D eigenvalue weighted by Crippen LogP contribution is -2.02. The van der Waals surface area contributed by atoms with Crippen LogP contribution in [-0.4, -0.2) is 22.4 Å². The predicted octanol–water partition coefficient (Wildman–Crippen LogP) is 3.65. The number of nitrogens with one attached hydrogen (secondary N) is 1. The van der Waals surface area contributed by atoms with E-state index < -0.39 is 0 Å². The third-order valence-corrected chi connectivity index (χ3v) is 3.46. The molecule has 19 heavy (non-hydrogen) atoms. The average Bonchev–Trinajstić information content (AvgIpc) is 2.83. The van der Waals surface area contributed by atoms with Gasteiger partial charge in [-0.1, -0.05) is 13.0 Å². The summed E-state index contributed by atoms with van der Waals surface area (Å²) in [6, 6.07) is 4.17. The van der Waals surface area contributed by atoms with Crippen molar-refractivity contribution < 1.29 is 4.74 Å². The van der Waals surface area contributed by atoms with Crippen molar-refractivity contribution in [2.75, 3.05) is 19.0 Å². The monoisotopic (exact) mass is 277 g/mol. The highest BCUT2D eigenvalue weighted by atomic mass is 32.1. The SMILES string of the molecule is CCCNc1nsnc1-c1c(C)cc(C)cc1OC. The van der Waals surface area contributed by atoms with Crippen LogP contribution in [0.4, 0.5) is 5.82 Å². The maximum absolute atomic E-state index is 5.50. The molecule has 1 heterocycles. The van der Waals surface area contributed by atoms with Crippen LogP contribution in [0.25, 0.3) is 11.3 Å². The van der Waals surface area contributed by atoms with Crippen LogP contribution in [-0.2, 0) is 0 Å². The lowest BCUT2D eigenvalue weighted by molar-refractivity contribution is 0.416. The quantitative estimate of drug-likeness (QED) is 0.906. The van der Waals surface area contributed by atoms with E-state index in [1.807, 2.05) is 6.07 Å². The van der Waals surface area contributed by atoms with Gasteiger partial charge in [0.1, 0.15) is 11.4 Å². The third-order valence-electron chi connectivity index (χ3n) is 2.93. The zero-order chi connectivity index (χ0) is 13.8. The highest BCUT2D eigenvalue weighted by Gasteiger charge is 2.17. The lowest BCUT2D eigenvalue weighted by Gasteiger charge is -2.12. The standard InChI is InChI=1S/C14H19N3OS/c1-5-6-15-14-13(16-19-17-14)12-10(3)7-9(2)8-11(12)18-4/h7-8H,5-6H2,1-4H3,(H,15,17). The summed E-state index contributed by atoms with van der Waals surface area (Å²) >= 11 is 1.23. The molecule has 1 aromatic carbocycles. The minimum absolute atomic E-state index is 0.845. The average molecular weight is 277 g/mol. The van der Waals surface area contributed by atoms with E-state index in [1.54, 1.807) is 7.11 Å². The van der Waals surface area contributed by atoms with Gasteiger partial charge in [0.15, 0.2) is 5.82 Å². The Balaban J connectivity index is 2.49. The topological polar surface area (TPSA) is 47.0 Å². The molecule has 0 amide bonds. The Morgan fingerprint density at radius 3 is 2.74 bits per heavy atom. The highest BCUT2D eigenvalue weighted by molar-refractivity contribution is 6.99. The summed E-state index contributed by atoms with van der Waals surface area (Å²) < 4.78 is 14.3. The van der Waals surface area contributed by atoms with Crippen LogP contribution in [0.3, 0.4) is 0 Å². The Kier molecular flexibility index (Phi) is 4.37. The third kappa shape index (κ3) is 2.87. The van der Waals surface area contributed by atoms with Crippen molar-refractivity contribution in [1.29, 1.82) is 0 Å². The van der Waals surface area contributed by atoms with Crippen molar-refractivity contribution in [1.82, 2.24) is 8.75 Å². The van der Waals surface area contributed by atoms with Crippen molar-refractivity contribution in [3.05, 3.63) is 23.3 Å². The van der Waals surface area contributed by atoms with Gasteiger partial charge in [0.25, 0.3) is 0 Å². The molecular formula is C14H19N3OS. The normalized spacial score (nSPS) is 10.5. The molecule has 0 atom stereocenters. The number of ether oxygens (including phenoxy) is 1. The van der Waals surface area contributed by atoms with Crippen LogP contribution in [0.5, 0.6) is 5.75 Å². The molecule has 5 heteroatoms. The Morgan fingerprint density at radius 1 is 1.26 bits per heavy atom. The van der Waals surface area contributed by atoms with E-state index in [4.69, 9.17) is 4.74 Å². The molecule has 0 saturated carbocycles. The molecule has 0 unspecified atom stereocenters. The summed E-state index contributed by atoms with van der Waals surface area (Å²) in [4.78, 5) is 0. The van der Waals surface area contributed by atoms with Gasteiger partial charge in [0, 0.05) is 6.54 Å². The van der Waals surface area contributed by atoms with Crippen molar-refractivity contribution >= 4 is 17.5 Å². The molecule has 0 fully saturated rings. The molecular weight excluding hydrogens is 258 g/mol. The molecule has 2 rings (SSSR count). The second kappa shape index (κ2) is 6.02. The fourth-order valence-electron chi connectivity index (χ4n) is 2.11. The van der Waals surface area contributed by atoms with Gasteiger partial charge in [-0.15, -0.1) is 0 Å². The van der Waals surface area contributed by atoms with E-state index in [-0.39, 0.29) is 0 Å². The summed E-state index contributed by atoms with van der Waals surface area (Å²) in [6.07, 6.45) is 1.06. The van der Waals surface area contributed by atoms with E-state index >= 15 is 0 Å². The largest absolute Gasteiger partial charge is 0.496 e. The van der Waals surface area contributed by atoms with Gasteiger partial charge in [0.05, 0.1) is 24.4 Å². The minimum Gasteiger partial charge on any atom is -0.496 e. The van der Waals surface area contributed by atoms with Crippen molar-refractivity contribution in [2.45, 2.75) is 27.2 Å². The smallest absolute Gasteiger partial charge is 0.168 e. The Bertz CT molecular complexity index is 566. The van der Waals surface area contributed by atoms with Crippen LogP contribution in [0, 0.1) is 13.8 Å². The van der Waals surface area contributed by atoms with Crippen molar-refractivity contribution in [2.24, 2.45) is 0 Å². The fraction of sp³-hybridized carbons (Fsp3) is 0.429. The maximum atomic E-state index is 5.50. The number of nitrogens with zero attached hydrogens (tertiary/aromatic N) is 2. The molecule has 0 saturated heterocycles. The van der Waals surface area contributed by atoms with Crippen LogP contribution in [0.15, 0.2) is 12.1 Å². The first-order chi connectivity index (χ1) is 9.17. The lowest BCUT2D eigenvalue weighted by atomic mass is 10.0. The number of aromatic nitrogens is 2. The Morgan fingerprint density at radius 2 is 2.05 bits per heavy atom. The van der Waals surface area contributed by atoms with Gasteiger partial charge in [0.2, 0.25) is 0 Å². The maximum Gasteiger partial charge on any atom is 0.168 e. The molecule has 2 aromatic rings. The Labute approximate surface area is 118 Å². The van der Waals surface area contributed by atoms with Gasteiger partial charge in [-0.3, -0.25) is 0 Å². The molecule has 0 bridgehead atoms. The zero-order valence-electron chi connectivity index (χ0n) is 11.8. The van der Waals surface area contributed by atoms with E-state index in [0.717, 1.165) is 41.4 Å². The van der Waals surface area contributed by atoms with Crippen LogP contribution in [0.2, 0.25) is 0 Å². The van der Waals surface area contributed by atoms with E-state index in [2.05, 4.69) is 40.9 Å². The van der Waals surface area contributed by atoms with Gasteiger partial charge in [-0.2, -0.15) is 8.75 Å². The molecule has 0 aliphatic carbocycles. The second-order valence-corrected chi connectivity index (χ2v) is 5.08. The summed E-state index contributed by atoms with van der Waals surface area (Å²) in [5.41, 5.74) is 4.25. The molecule has 0 aliphatic heterocycles. The summed E-state index contributed by atoms with van der Waals surface area (Å²) in [7, 11) is 1.69. The number of methoxy groups -OCH3 is 1. The summed E-state index contributed by atoms with van der Waals surface area (Å²) in [5.74, 6) is 1.70. The summed E-state index contributed by atoms with van der Waals surface area (Å²) in [6.45, 7) is 7.17. The van der Waals surface area contributed by atoms with Crippen LogP contribution in [0.1, 0.15) is 24.5 Å². The van der Waals surface area contributed by atoms with Crippen LogP contribution < -0.4 is 10.1 Å². The first kappa shape index (κ1) is 13.8. The van der Waals surface area contributed by atoms with E-state index in [9.17, 15) is 0 Å². The Hall–Kier alpha value is -1.62. The van der Waals surface area contributed by atoms with Gasteiger partial charge in [-0.25, -0.2) is 0 Å².